The summed E-state index contributed by atoms with van der Waals surface area (Å²) in [5.41, 5.74) is 7.47. The monoisotopic (exact) mass is 274 g/mol. The maximum absolute atomic E-state index is 3.43. The van der Waals surface area contributed by atoms with Gasteiger partial charge in [0, 0.05) is 32.7 Å². The molecule has 1 unspecified atom stereocenters. The molecule has 1 fully saturated rings. The number of piperazine rings is 1. The van der Waals surface area contributed by atoms with Crippen LogP contribution in [-0.2, 0) is 6.42 Å². The highest BCUT2D eigenvalue weighted by Gasteiger charge is 2.16. The van der Waals surface area contributed by atoms with Crippen molar-refractivity contribution in [2.75, 3.05) is 32.7 Å². The molecule has 2 heteroatoms. The van der Waals surface area contributed by atoms with E-state index < -0.39 is 0 Å². The number of hydrogen-bond acceptors (Lipinski definition) is 2. The summed E-state index contributed by atoms with van der Waals surface area (Å²) in [5.74, 6) is 0.728. The summed E-state index contributed by atoms with van der Waals surface area (Å²) in [6.07, 6.45) is 1.21. The maximum atomic E-state index is 3.43. The Kier molecular flexibility index (Phi) is 5.22. The van der Waals surface area contributed by atoms with Gasteiger partial charge in [-0.3, -0.25) is 0 Å². The van der Waals surface area contributed by atoms with Crippen LogP contribution < -0.4 is 5.32 Å². The Labute approximate surface area is 124 Å². The van der Waals surface area contributed by atoms with Crippen LogP contribution in [0, 0.1) is 33.6 Å². The lowest BCUT2D eigenvalue weighted by molar-refractivity contribution is 0.211. The molecule has 0 saturated carbocycles. The fourth-order valence-electron chi connectivity index (χ4n) is 3.35. The summed E-state index contributed by atoms with van der Waals surface area (Å²) in [6.45, 7) is 17.4. The molecule has 0 amide bonds. The molecule has 0 radical (unpaired) electrons. The molecular weight excluding hydrogens is 244 g/mol. The SMILES string of the molecule is Cc1cc(C)c(C)c(CC(C)CN2CCNCC2)c1C. The Morgan fingerprint density at radius 1 is 1.05 bits per heavy atom. The molecule has 1 aliphatic rings. The van der Waals surface area contributed by atoms with Crippen molar-refractivity contribution in [3.63, 3.8) is 0 Å². The summed E-state index contributed by atoms with van der Waals surface area (Å²) in [6, 6.07) is 2.33. The van der Waals surface area contributed by atoms with Gasteiger partial charge in [-0.05, 0) is 67.9 Å². The number of benzene rings is 1. The molecule has 1 saturated heterocycles. The average Bonchev–Trinajstić information content (AvgIpc) is 2.42. The summed E-state index contributed by atoms with van der Waals surface area (Å²) in [5, 5.41) is 3.43. The van der Waals surface area contributed by atoms with Crippen molar-refractivity contribution >= 4 is 0 Å². The second-order valence-electron chi connectivity index (χ2n) is 6.60. The van der Waals surface area contributed by atoms with Crippen LogP contribution in [0.1, 0.15) is 34.7 Å². The van der Waals surface area contributed by atoms with Crippen molar-refractivity contribution in [3.8, 4) is 0 Å². The topological polar surface area (TPSA) is 15.3 Å². The quantitative estimate of drug-likeness (QED) is 0.908. The lowest BCUT2D eigenvalue weighted by Gasteiger charge is -2.30. The minimum atomic E-state index is 0.728. The molecule has 1 aromatic carbocycles. The first-order valence-corrected chi connectivity index (χ1v) is 7.98. The first kappa shape index (κ1) is 15.5. The van der Waals surface area contributed by atoms with E-state index in [0.717, 1.165) is 19.0 Å². The molecular formula is C18H30N2. The predicted molar refractivity (Wildman–Crippen MR) is 87.6 cm³/mol. The van der Waals surface area contributed by atoms with E-state index >= 15 is 0 Å². The Morgan fingerprint density at radius 2 is 1.60 bits per heavy atom. The van der Waals surface area contributed by atoms with E-state index in [9.17, 15) is 0 Å². The van der Waals surface area contributed by atoms with Gasteiger partial charge >= 0.3 is 0 Å². The van der Waals surface area contributed by atoms with Crippen molar-refractivity contribution in [3.05, 3.63) is 33.9 Å². The van der Waals surface area contributed by atoms with E-state index in [0.29, 0.717) is 0 Å². The van der Waals surface area contributed by atoms with Crippen LogP contribution in [-0.4, -0.2) is 37.6 Å². The highest BCUT2D eigenvalue weighted by Crippen LogP contribution is 2.24. The number of aryl methyl sites for hydroxylation is 2. The van der Waals surface area contributed by atoms with Crippen molar-refractivity contribution in [1.29, 1.82) is 0 Å². The molecule has 1 aliphatic heterocycles. The molecule has 2 rings (SSSR count). The van der Waals surface area contributed by atoms with Crippen molar-refractivity contribution in [2.45, 2.75) is 41.0 Å². The van der Waals surface area contributed by atoms with Gasteiger partial charge in [-0.15, -0.1) is 0 Å². The van der Waals surface area contributed by atoms with Crippen LogP contribution in [0.4, 0.5) is 0 Å². The molecule has 0 aliphatic carbocycles. The van der Waals surface area contributed by atoms with Gasteiger partial charge in [-0.25, -0.2) is 0 Å². The van der Waals surface area contributed by atoms with Gasteiger partial charge in [0.25, 0.3) is 0 Å². The molecule has 0 bridgehead atoms. The number of hydrogen-bond donors (Lipinski definition) is 1. The van der Waals surface area contributed by atoms with Gasteiger partial charge in [0.15, 0.2) is 0 Å². The van der Waals surface area contributed by atoms with E-state index in [1.54, 1.807) is 5.56 Å². The van der Waals surface area contributed by atoms with Crippen LogP contribution in [0.15, 0.2) is 6.07 Å². The number of nitrogens with zero attached hydrogens (tertiary/aromatic N) is 1. The van der Waals surface area contributed by atoms with E-state index in [1.807, 2.05) is 0 Å². The van der Waals surface area contributed by atoms with Gasteiger partial charge in [0.05, 0.1) is 0 Å². The largest absolute Gasteiger partial charge is 0.314 e. The summed E-state index contributed by atoms with van der Waals surface area (Å²) < 4.78 is 0. The van der Waals surface area contributed by atoms with Gasteiger partial charge < -0.3 is 10.2 Å². The average molecular weight is 274 g/mol. The minimum absolute atomic E-state index is 0.728. The standard InChI is InChI=1S/C18H30N2/c1-13(12-20-8-6-19-7-9-20)10-18-16(4)14(2)11-15(3)17(18)5/h11,13,19H,6-10,12H2,1-5H3. The fourth-order valence-corrected chi connectivity index (χ4v) is 3.35. The summed E-state index contributed by atoms with van der Waals surface area (Å²) >= 11 is 0. The van der Waals surface area contributed by atoms with Crippen LogP contribution >= 0.6 is 0 Å². The smallest absolute Gasteiger partial charge is 0.0107 e. The number of nitrogens with one attached hydrogen (secondary N) is 1. The summed E-state index contributed by atoms with van der Waals surface area (Å²) in [4.78, 5) is 2.61. The zero-order chi connectivity index (χ0) is 14.7. The lowest BCUT2D eigenvalue weighted by Crippen LogP contribution is -2.45. The second-order valence-corrected chi connectivity index (χ2v) is 6.60. The van der Waals surface area contributed by atoms with Crippen LogP contribution in [0.3, 0.4) is 0 Å². The van der Waals surface area contributed by atoms with E-state index in [2.05, 4.69) is 50.9 Å². The van der Waals surface area contributed by atoms with E-state index in [4.69, 9.17) is 0 Å². The van der Waals surface area contributed by atoms with Crippen molar-refractivity contribution in [1.82, 2.24) is 10.2 Å². The molecule has 1 atom stereocenters. The highest BCUT2D eigenvalue weighted by atomic mass is 15.2. The van der Waals surface area contributed by atoms with Crippen LogP contribution in [0.25, 0.3) is 0 Å². The molecule has 112 valence electrons. The molecule has 1 aromatic rings. The zero-order valence-corrected chi connectivity index (χ0v) is 13.8. The van der Waals surface area contributed by atoms with Crippen LogP contribution in [0.2, 0.25) is 0 Å². The molecule has 2 nitrogen and oxygen atoms in total. The Bertz CT molecular complexity index is 433. The normalized spacial score (nSPS) is 18.2. The summed E-state index contributed by atoms with van der Waals surface area (Å²) in [7, 11) is 0. The molecule has 20 heavy (non-hydrogen) atoms. The first-order chi connectivity index (χ1) is 9.49. The third-order valence-electron chi connectivity index (χ3n) is 4.85. The fraction of sp³-hybridized carbons (Fsp3) is 0.667. The Hall–Kier alpha value is -0.860. The first-order valence-electron chi connectivity index (χ1n) is 7.98. The zero-order valence-electron chi connectivity index (χ0n) is 13.8. The maximum Gasteiger partial charge on any atom is 0.0107 e. The molecule has 1 N–H and O–H groups in total. The van der Waals surface area contributed by atoms with Crippen LogP contribution in [0.5, 0.6) is 0 Å². The lowest BCUT2D eigenvalue weighted by atomic mass is 9.88. The minimum Gasteiger partial charge on any atom is -0.314 e. The molecule has 1 heterocycles. The Morgan fingerprint density at radius 3 is 2.15 bits per heavy atom. The van der Waals surface area contributed by atoms with Gasteiger partial charge in [-0.2, -0.15) is 0 Å². The van der Waals surface area contributed by atoms with E-state index in [-0.39, 0.29) is 0 Å². The molecule has 0 spiro atoms. The highest BCUT2D eigenvalue weighted by molar-refractivity contribution is 5.44. The predicted octanol–water partition coefficient (Wildman–Crippen LogP) is 3.00. The van der Waals surface area contributed by atoms with Crippen molar-refractivity contribution < 1.29 is 0 Å². The van der Waals surface area contributed by atoms with Gasteiger partial charge in [-0.1, -0.05) is 13.0 Å². The second kappa shape index (κ2) is 6.73. The number of rotatable bonds is 4. The van der Waals surface area contributed by atoms with Gasteiger partial charge in [0.1, 0.15) is 0 Å². The van der Waals surface area contributed by atoms with Gasteiger partial charge in [0.2, 0.25) is 0 Å². The van der Waals surface area contributed by atoms with E-state index in [1.165, 1.54) is 48.3 Å². The third-order valence-corrected chi connectivity index (χ3v) is 4.85. The molecule has 0 aromatic heterocycles. The Balaban J connectivity index is 2.05. The third kappa shape index (κ3) is 3.62. The van der Waals surface area contributed by atoms with Crippen molar-refractivity contribution in [2.24, 2.45) is 5.92 Å².